The first kappa shape index (κ1) is 16.4. The normalized spacial score (nSPS) is 19.0. The summed E-state index contributed by atoms with van der Waals surface area (Å²) in [6.45, 7) is 0.0119. The van der Waals surface area contributed by atoms with Crippen LogP contribution in [0.4, 0.5) is 9.18 Å². The average molecular weight is 333 g/mol. The van der Waals surface area contributed by atoms with Gasteiger partial charge in [-0.15, -0.1) is 0 Å². The summed E-state index contributed by atoms with van der Waals surface area (Å²) in [4.78, 5) is 39.4. The first-order valence-electron chi connectivity index (χ1n) is 8.04. The number of likely N-dealkylation sites (N-methyl/N-ethyl adjacent to an activating group) is 1. The molecule has 1 saturated heterocycles. The highest BCUT2D eigenvalue weighted by Crippen LogP contribution is 2.34. The largest absolute Gasteiger partial charge is 0.340 e. The van der Waals surface area contributed by atoms with Crippen molar-refractivity contribution < 1.29 is 18.8 Å². The van der Waals surface area contributed by atoms with E-state index in [1.807, 2.05) is 0 Å². The Labute approximate surface area is 139 Å². The summed E-state index contributed by atoms with van der Waals surface area (Å²) in [6, 6.07) is 5.36. The van der Waals surface area contributed by atoms with Gasteiger partial charge in [-0.1, -0.05) is 25.0 Å². The Morgan fingerprint density at radius 3 is 2.50 bits per heavy atom. The van der Waals surface area contributed by atoms with Crippen molar-refractivity contribution in [2.75, 3.05) is 13.6 Å². The van der Waals surface area contributed by atoms with E-state index in [0.29, 0.717) is 12.8 Å². The number of hydrogen-bond donors (Lipinski definition) is 1. The Hall–Kier alpha value is -2.44. The Kier molecular flexibility index (Phi) is 4.26. The summed E-state index contributed by atoms with van der Waals surface area (Å²) in [6.07, 6.45) is 3.07. The number of carbonyl (C=O) groups excluding carboxylic acids is 3. The number of imide groups is 1. The van der Waals surface area contributed by atoms with Crippen LogP contribution in [0.25, 0.3) is 0 Å². The van der Waals surface area contributed by atoms with Crippen LogP contribution in [0, 0.1) is 5.82 Å². The van der Waals surface area contributed by atoms with E-state index in [1.165, 1.54) is 17.0 Å². The lowest BCUT2D eigenvalue weighted by atomic mass is 9.98. The van der Waals surface area contributed by atoms with Crippen molar-refractivity contribution in [1.29, 1.82) is 0 Å². The predicted octanol–water partition coefficient (Wildman–Crippen LogP) is 1.65. The standard InChI is InChI=1S/C17H20FN3O3/c1-20(10-12-4-6-13(18)7-5-12)14(22)11-21-15(23)17(19-16(21)24)8-2-3-9-17/h4-7H,2-3,8-11H2,1H3,(H,19,24). The molecule has 1 aliphatic heterocycles. The van der Waals surface area contributed by atoms with Crippen LogP contribution in [0.3, 0.4) is 0 Å². The molecule has 0 aromatic heterocycles. The molecule has 0 atom stereocenters. The fourth-order valence-corrected chi connectivity index (χ4v) is 3.35. The lowest BCUT2D eigenvalue weighted by Gasteiger charge is -2.22. The third kappa shape index (κ3) is 2.98. The number of amides is 4. The molecule has 1 saturated carbocycles. The van der Waals surface area contributed by atoms with Gasteiger partial charge in [-0.3, -0.25) is 14.5 Å². The molecule has 7 heteroatoms. The minimum atomic E-state index is -0.799. The summed E-state index contributed by atoms with van der Waals surface area (Å²) in [5.74, 6) is -0.972. The number of hydrogen-bond acceptors (Lipinski definition) is 3. The number of carbonyl (C=O) groups is 3. The summed E-state index contributed by atoms with van der Waals surface area (Å²) >= 11 is 0. The second-order valence-corrected chi connectivity index (χ2v) is 6.49. The molecule has 24 heavy (non-hydrogen) atoms. The highest BCUT2D eigenvalue weighted by Gasteiger charge is 2.52. The highest BCUT2D eigenvalue weighted by atomic mass is 19.1. The SMILES string of the molecule is CN(Cc1ccc(F)cc1)C(=O)CN1C(=O)NC2(CCCC2)C1=O. The third-order valence-electron chi connectivity index (χ3n) is 4.76. The molecule has 4 amide bonds. The molecule has 6 nitrogen and oxygen atoms in total. The van der Waals surface area contributed by atoms with Crippen molar-refractivity contribution in [1.82, 2.24) is 15.1 Å². The van der Waals surface area contributed by atoms with Gasteiger partial charge in [-0.25, -0.2) is 9.18 Å². The Morgan fingerprint density at radius 1 is 1.25 bits per heavy atom. The molecule has 3 rings (SSSR count). The van der Waals surface area contributed by atoms with Gasteiger partial charge in [0.15, 0.2) is 0 Å². The van der Waals surface area contributed by atoms with Crippen LogP contribution in [0.15, 0.2) is 24.3 Å². The second-order valence-electron chi connectivity index (χ2n) is 6.49. The van der Waals surface area contributed by atoms with E-state index < -0.39 is 11.6 Å². The summed E-state index contributed by atoms with van der Waals surface area (Å²) in [5.41, 5.74) is -0.0240. The maximum absolute atomic E-state index is 12.9. The van der Waals surface area contributed by atoms with Crippen LogP contribution in [-0.2, 0) is 16.1 Å². The molecule has 1 N–H and O–H groups in total. The number of nitrogens with one attached hydrogen (secondary N) is 1. The van der Waals surface area contributed by atoms with Crippen LogP contribution < -0.4 is 5.32 Å². The van der Waals surface area contributed by atoms with Crippen molar-refractivity contribution in [2.24, 2.45) is 0 Å². The van der Waals surface area contributed by atoms with Gasteiger partial charge in [0.05, 0.1) is 0 Å². The van der Waals surface area contributed by atoms with Crippen molar-refractivity contribution in [3.8, 4) is 0 Å². The molecule has 1 heterocycles. The van der Waals surface area contributed by atoms with Gasteiger partial charge in [0, 0.05) is 13.6 Å². The number of urea groups is 1. The quantitative estimate of drug-likeness (QED) is 0.852. The molecule has 2 fully saturated rings. The van der Waals surface area contributed by atoms with Crippen molar-refractivity contribution in [3.63, 3.8) is 0 Å². The zero-order valence-electron chi connectivity index (χ0n) is 13.5. The minimum absolute atomic E-state index is 0.274. The van der Waals surface area contributed by atoms with E-state index in [9.17, 15) is 18.8 Å². The Balaban J connectivity index is 1.62. The molecule has 1 spiro atoms. The van der Waals surface area contributed by atoms with Gasteiger partial charge in [-0.05, 0) is 30.5 Å². The fourth-order valence-electron chi connectivity index (χ4n) is 3.35. The van der Waals surface area contributed by atoms with E-state index in [2.05, 4.69) is 5.32 Å². The van der Waals surface area contributed by atoms with Crippen molar-refractivity contribution >= 4 is 17.8 Å². The van der Waals surface area contributed by atoms with Gasteiger partial charge in [-0.2, -0.15) is 0 Å². The maximum Gasteiger partial charge on any atom is 0.325 e. The van der Waals surface area contributed by atoms with Crippen molar-refractivity contribution in [2.45, 2.75) is 37.8 Å². The number of nitrogens with zero attached hydrogens (tertiary/aromatic N) is 2. The van der Waals surface area contributed by atoms with Gasteiger partial charge < -0.3 is 10.2 Å². The summed E-state index contributed by atoms with van der Waals surface area (Å²) in [7, 11) is 1.59. The van der Waals surface area contributed by atoms with Gasteiger partial charge >= 0.3 is 6.03 Å². The molecule has 0 unspecified atom stereocenters. The smallest absolute Gasteiger partial charge is 0.325 e. The average Bonchev–Trinajstić information content (AvgIpc) is 3.11. The van der Waals surface area contributed by atoms with E-state index in [0.717, 1.165) is 23.3 Å². The zero-order valence-corrected chi connectivity index (χ0v) is 13.5. The first-order valence-corrected chi connectivity index (χ1v) is 8.04. The summed E-state index contributed by atoms with van der Waals surface area (Å²) in [5, 5.41) is 2.75. The number of benzene rings is 1. The molecule has 128 valence electrons. The first-order chi connectivity index (χ1) is 11.4. The molecule has 1 aromatic rings. The van der Waals surface area contributed by atoms with Crippen LogP contribution in [0.1, 0.15) is 31.2 Å². The third-order valence-corrected chi connectivity index (χ3v) is 4.76. The summed E-state index contributed by atoms with van der Waals surface area (Å²) < 4.78 is 12.9. The van der Waals surface area contributed by atoms with Crippen LogP contribution in [0.5, 0.6) is 0 Å². The molecular weight excluding hydrogens is 313 g/mol. The van der Waals surface area contributed by atoms with E-state index in [4.69, 9.17) is 0 Å². The number of halogens is 1. The monoisotopic (exact) mass is 333 g/mol. The van der Waals surface area contributed by atoms with Crippen LogP contribution in [0.2, 0.25) is 0 Å². The van der Waals surface area contributed by atoms with Crippen LogP contribution >= 0.6 is 0 Å². The van der Waals surface area contributed by atoms with Gasteiger partial charge in [0.2, 0.25) is 5.91 Å². The van der Waals surface area contributed by atoms with Crippen molar-refractivity contribution in [3.05, 3.63) is 35.6 Å². The van der Waals surface area contributed by atoms with Gasteiger partial charge in [0.25, 0.3) is 5.91 Å². The molecular formula is C17H20FN3O3. The van der Waals surface area contributed by atoms with Gasteiger partial charge in [0.1, 0.15) is 17.9 Å². The fraction of sp³-hybridized carbons (Fsp3) is 0.471. The maximum atomic E-state index is 12.9. The molecule has 2 aliphatic rings. The minimum Gasteiger partial charge on any atom is -0.340 e. The molecule has 1 aliphatic carbocycles. The lowest BCUT2D eigenvalue weighted by Crippen LogP contribution is -2.45. The molecule has 1 aromatic carbocycles. The highest BCUT2D eigenvalue weighted by molar-refractivity contribution is 6.09. The molecule has 0 radical (unpaired) electrons. The second kappa shape index (κ2) is 6.22. The zero-order chi connectivity index (χ0) is 17.3. The Morgan fingerprint density at radius 2 is 1.88 bits per heavy atom. The topological polar surface area (TPSA) is 69.7 Å². The number of rotatable bonds is 4. The molecule has 0 bridgehead atoms. The predicted molar refractivity (Wildman–Crippen MR) is 84.3 cm³/mol. The lowest BCUT2D eigenvalue weighted by molar-refractivity contribution is -0.138. The Bertz CT molecular complexity index is 668. The van der Waals surface area contributed by atoms with E-state index in [-0.39, 0.29) is 30.7 Å². The van der Waals surface area contributed by atoms with E-state index in [1.54, 1.807) is 19.2 Å². The van der Waals surface area contributed by atoms with E-state index >= 15 is 0 Å². The van der Waals surface area contributed by atoms with Crippen LogP contribution in [-0.4, -0.2) is 46.8 Å².